The molecule has 0 radical (unpaired) electrons. The summed E-state index contributed by atoms with van der Waals surface area (Å²) >= 11 is 0. The van der Waals surface area contributed by atoms with Crippen LogP contribution in [0.5, 0.6) is 11.5 Å². The summed E-state index contributed by atoms with van der Waals surface area (Å²) in [7, 11) is 0. The van der Waals surface area contributed by atoms with Crippen LogP contribution in [0.15, 0.2) is 72.9 Å². The number of aldehydes is 1. The van der Waals surface area contributed by atoms with Crippen molar-refractivity contribution in [3.05, 3.63) is 89.7 Å². The largest absolute Gasteiger partial charge is 0.494 e. The number of benzene rings is 2. The van der Waals surface area contributed by atoms with Crippen molar-refractivity contribution in [3.63, 3.8) is 0 Å². The van der Waals surface area contributed by atoms with Gasteiger partial charge in [0.05, 0.1) is 17.9 Å². The van der Waals surface area contributed by atoms with Gasteiger partial charge < -0.3 is 9.47 Å². The number of aryl methyl sites for hydroxylation is 1. The van der Waals surface area contributed by atoms with E-state index in [1.807, 2.05) is 42.5 Å². The predicted molar refractivity (Wildman–Crippen MR) is 101 cm³/mol. The van der Waals surface area contributed by atoms with Crippen molar-refractivity contribution < 1.29 is 14.3 Å². The van der Waals surface area contributed by atoms with Crippen LogP contribution in [-0.4, -0.2) is 17.9 Å². The highest BCUT2D eigenvalue weighted by atomic mass is 16.5. The normalized spacial score (nSPS) is 10.3. The molecule has 0 saturated heterocycles. The number of aromatic nitrogens is 1. The molecule has 1 aromatic heterocycles. The molecule has 0 amide bonds. The summed E-state index contributed by atoms with van der Waals surface area (Å²) in [5.41, 5.74) is 2.58. The summed E-state index contributed by atoms with van der Waals surface area (Å²) in [5.74, 6) is 1.20. The predicted octanol–water partition coefficient (Wildman–Crippen LogP) is 4.48. The first-order valence-corrected chi connectivity index (χ1v) is 8.64. The van der Waals surface area contributed by atoms with Gasteiger partial charge in [0, 0.05) is 6.20 Å². The van der Waals surface area contributed by atoms with Crippen molar-refractivity contribution >= 4 is 6.29 Å². The molecule has 4 nitrogen and oxygen atoms in total. The first kappa shape index (κ1) is 17.7. The molecule has 0 fully saturated rings. The molecule has 2 aromatic carbocycles. The van der Waals surface area contributed by atoms with E-state index in [0.717, 1.165) is 24.8 Å². The highest BCUT2D eigenvalue weighted by Crippen LogP contribution is 2.24. The maximum Gasteiger partial charge on any atom is 0.153 e. The second-order valence-corrected chi connectivity index (χ2v) is 5.86. The van der Waals surface area contributed by atoms with Crippen LogP contribution in [0, 0.1) is 0 Å². The van der Waals surface area contributed by atoms with Crippen molar-refractivity contribution in [2.45, 2.75) is 19.4 Å². The SMILES string of the molecule is O=Cc1cc(OCCCc2ccccc2)ccc1OCc1ccccn1. The first-order chi connectivity index (χ1) is 12.8. The Labute approximate surface area is 153 Å². The lowest BCUT2D eigenvalue weighted by Gasteiger charge is -2.11. The lowest BCUT2D eigenvalue weighted by atomic mass is 10.1. The van der Waals surface area contributed by atoms with Gasteiger partial charge >= 0.3 is 0 Å². The van der Waals surface area contributed by atoms with E-state index in [0.29, 0.717) is 30.3 Å². The van der Waals surface area contributed by atoms with Crippen molar-refractivity contribution in [3.8, 4) is 11.5 Å². The van der Waals surface area contributed by atoms with Crippen LogP contribution in [0.4, 0.5) is 0 Å². The molecule has 0 spiro atoms. The fourth-order valence-electron chi connectivity index (χ4n) is 2.59. The van der Waals surface area contributed by atoms with E-state index in [4.69, 9.17) is 9.47 Å². The van der Waals surface area contributed by atoms with Gasteiger partial charge in [0.1, 0.15) is 18.1 Å². The summed E-state index contributed by atoms with van der Waals surface area (Å²) in [6.07, 6.45) is 4.38. The first-order valence-electron chi connectivity index (χ1n) is 8.64. The maximum absolute atomic E-state index is 11.4. The van der Waals surface area contributed by atoms with E-state index >= 15 is 0 Å². The van der Waals surface area contributed by atoms with Gasteiger partial charge in [-0.1, -0.05) is 36.4 Å². The van der Waals surface area contributed by atoms with Crippen LogP contribution < -0.4 is 9.47 Å². The zero-order valence-electron chi connectivity index (χ0n) is 14.5. The summed E-state index contributed by atoms with van der Waals surface area (Å²) in [5, 5.41) is 0. The van der Waals surface area contributed by atoms with E-state index < -0.39 is 0 Å². The van der Waals surface area contributed by atoms with Gasteiger partial charge in [0.2, 0.25) is 0 Å². The van der Waals surface area contributed by atoms with Crippen molar-refractivity contribution in [1.29, 1.82) is 0 Å². The lowest BCUT2D eigenvalue weighted by Crippen LogP contribution is -2.02. The number of hydrogen-bond donors (Lipinski definition) is 0. The Morgan fingerprint density at radius 1 is 0.923 bits per heavy atom. The second kappa shape index (κ2) is 9.37. The third-order valence-electron chi connectivity index (χ3n) is 3.93. The minimum Gasteiger partial charge on any atom is -0.494 e. The van der Waals surface area contributed by atoms with Gasteiger partial charge in [-0.15, -0.1) is 0 Å². The van der Waals surface area contributed by atoms with E-state index in [1.54, 1.807) is 18.3 Å². The zero-order valence-corrected chi connectivity index (χ0v) is 14.5. The number of carbonyl (C=O) groups is 1. The smallest absolute Gasteiger partial charge is 0.153 e. The molecule has 0 aliphatic carbocycles. The van der Waals surface area contributed by atoms with Crippen molar-refractivity contribution in [1.82, 2.24) is 4.98 Å². The number of ether oxygens (including phenoxy) is 2. The molecule has 3 rings (SSSR count). The monoisotopic (exact) mass is 347 g/mol. The molecule has 0 bridgehead atoms. The van der Waals surface area contributed by atoms with Crippen molar-refractivity contribution in [2.24, 2.45) is 0 Å². The molecule has 132 valence electrons. The van der Waals surface area contributed by atoms with E-state index in [-0.39, 0.29) is 0 Å². The fraction of sp³-hybridized carbons (Fsp3) is 0.182. The van der Waals surface area contributed by atoms with E-state index in [9.17, 15) is 4.79 Å². The number of hydrogen-bond acceptors (Lipinski definition) is 4. The Balaban J connectivity index is 1.52. The fourth-order valence-corrected chi connectivity index (χ4v) is 2.59. The minimum absolute atomic E-state index is 0.318. The third kappa shape index (κ3) is 5.18. The number of carbonyl (C=O) groups excluding carboxylic acids is 1. The molecule has 4 heteroatoms. The average molecular weight is 347 g/mol. The molecular weight excluding hydrogens is 326 g/mol. The molecule has 0 aliphatic rings. The molecule has 3 aromatic rings. The Kier molecular flexibility index (Phi) is 6.37. The Morgan fingerprint density at radius 2 is 1.77 bits per heavy atom. The van der Waals surface area contributed by atoms with Crippen LogP contribution in [0.3, 0.4) is 0 Å². The molecule has 1 heterocycles. The summed E-state index contributed by atoms with van der Waals surface area (Å²) < 4.78 is 11.5. The van der Waals surface area contributed by atoms with Crippen LogP contribution in [0.25, 0.3) is 0 Å². The van der Waals surface area contributed by atoms with Gasteiger partial charge in [-0.05, 0) is 48.7 Å². The van der Waals surface area contributed by atoms with Gasteiger partial charge in [-0.25, -0.2) is 0 Å². The zero-order chi connectivity index (χ0) is 18.0. The van der Waals surface area contributed by atoms with Crippen LogP contribution in [0.1, 0.15) is 28.0 Å². The maximum atomic E-state index is 11.4. The highest BCUT2D eigenvalue weighted by Gasteiger charge is 2.06. The highest BCUT2D eigenvalue weighted by molar-refractivity contribution is 5.80. The second-order valence-electron chi connectivity index (χ2n) is 5.86. The molecule has 0 saturated carbocycles. The Bertz CT molecular complexity index is 819. The average Bonchev–Trinajstić information content (AvgIpc) is 2.71. The lowest BCUT2D eigenvalue weighted by molar-refractivity contribution is 0.111. The topological polar surface area (TPSA) is 48.4 Å². The van der Waals surface area contributed by atoms with Crippen LogP contribution >= 0.6 is 0 Å². The number of nitrogens with zero attached hydrogens (tertiary/aromatic N) is 1. The van der Waals surface area contributed by atoms with Gasteiger partial charge in [-0.2, -0.15) is 0 Å². The quantitative estimate of drug-likeness (QED) is 0.423. The van der Waals surface area contributed by atoms with Gasteiger partial charge in [0.15, 0.2) is 6.29 Å². The number of rotatable bonds is 9. The summed E-state index contributed by atoms with van der Waals surface area (Å²) in [6, 6.07) is 21.2. The van der Waals surface area contributed by atoms with Crippen molar-refractivity contribution in [2.75, 3.05) is 6.61 Å². The Morgan fingerprint density at radius 3 is 2.54 bits per heavy atom. The van der Waals surface area contributed by atoms with Crippen LogP contribution in [0.2, 0.25) is 0 Å². The van der Waals surface area contributed by atoms with E-state index in [2.05, 4.69) is 17.1 Å². The molecular formula is C22H21NO3. The van der Waals surface area contributed by atoms with Gasteiger partial charge in [-0.3, -0.25) is 9.78 Å². The summed E-state index contributed by atoms with van der Waals surface area (Å²) in [6.45, 7) is 0.917. The van der Waals surface area contributed by atoms with E-state index in [1.165, 1.54) is 5.56 Å². The summed E-state index contributed by atoms with van der Waals surface area (Å²) in [4.78, 5) is 15.6. The Hall–Kier alpha value is -3.14. The minimum atomic E-state index is 0.318. The third-order valence-corrected chi connectivity index (χ3v) is 3.93. The van der Waals surface area contributed by atoms with Crippen LogP contribution in [-0.2, 0) is 13.0 Å². The number of pyridine rings is 1. The van der Waals surface area contributed by atoms with Gasteiger partial charge in [0.25, 0.3) is 0 Å². The standard InChI is InChI=1S/C22H21NO3/c24-16-19-15-21(25-14-6-9-18-7-2-1-3-8-18)11-12-22(19)26-17-20-10-4-5-13-23-20/h1-5,7-8,10-13,15-16H,6,9,14,17H2. The molecule has 0 unspecified atom stereocenters. The molecule has 0 N–H and O–H groups in total. The molecule has 0 aliphatic heterocycles. The molecule has 26 heavy (non-hydrogen) atoms. The molecule has 0 atom stereocenters.